The molecule has 3 heterocycles. The molecule has 0 bridgehead atoms. The van der Waals surface area contributed by atoms with E-state index in [-0.39, 0.29) is 30.0 Å². The van der Waals surface area contributed by atoms with Crippen molar-refractivity contribution >= 4 is 35.5 Å². The number of aromatic nitrogens is 2. The van der Waals surface area contributed by atoms with E-state index in [2.05, 4.69) is 45.3 Å². The number of hydrogen-bond donors (Lipinski definition) is 4. The summed E-state index contributed by atoms with van der Waals surface area (Å²) in [4.78, 5) is 48.3. The molecule has 2 fully saturated rings. The van der Waals surface area contributed by atoms with E-state index in [1.165, 1.54) is 7.11 Å². The van der Waals surface area contributed by atoms with Crippen LogP contribution in [0, 0.1) is 0 Å². The minimum absolute atomic E-state index is 0.0504. The SMILES string of the molecule is COC(=O)c1ccc2c(c1)Cc1nc(Cc3ccccc3)nc(NCCCN(C)CCCNC(=O)CCCC[C@@H]3SC[C@@H]4NC(=O)N[C@@H]43)c1-2. The molecule has 11 nitrogen and oxygen atoms in total. The highest BCUT2D eigenvalue weighted by Crippen LogP contribution is 2.40. The van der Waals surface area contributed by atoms with Gasteiger partial charge in [-0.2, -0.15) is 11.8 Å². The smallest absolute Gasteiger partial charge is 0.337 e. The number of thioether (sulfide) groups is 1. The Hall–Kier alpha value is -4.16. The van der Waals surface area contributed by atoms with Gasteiger partial charge >= 0.3 is 12.0 Å². The van der Waals surface area contributed by atoms with Crippen LogP contribution in [0.25, 0.3) is 11.1 Å². The van der Waals surface area contributed by atoms with Crippen molar-refractivity contribution in [3.8, 4) is 11.1 Å². The van der Waals surface area contributed by atoms with Gasteiger partial charge in [0.2, 0.25) is 5.91 Å². The first kappa shape index (κ1) is 34.7. The Morgan fingerprint density at radius 3 is 2.65 bits per heavy atom. The number of benzene rings is 2. The number of nitrogens with one attached hydrogen (secondary N) is 4. The van der Waals surface area contributed by atoms with Gasteiger partial charge in [-0.3, -0.25) is 4.79 Å². The summed E-state index contributed by atoms with van der Waals surface area (Å²) in [7, 11) is 3.51. The number of methoxy groups -OCH3 is 1. The summed E-state index contributed by atoms with van der Waals surface area (Å²) < 4.78 is 4.94. The van der Waals surface area contributed by atoms with Gasteiger partial charge in [0.15, 0.2) is 0 Å². The van der Waals surface area contributed by atoms with Gasteiger partial charge in [-0.1, -0.05) is 42.8 Å². The maximum atomic E-state index is 12.4. The summed E-state index contributed by atoms with van der Waals surface area (Å²) in [6.45, 7) is 3.26. The molecule has 4 N–H and O–H groups in total. The minimum Gasteiger partial charge on any atom is -0.465 e. The standard InChI is InChI=1S/C37H47N7O4S/c1-44(18-8-16-38-32(45)13-7-6-12-30-34-29(23-49-30)41-37(47)43-34)19-9-17-39-35-33-27-15-14-25(36(46)48-2)21-26(27)22-28(33)40-31(42-35)20-24-10-4-3-5-11-24/h3-5,10-11,14-15,21,29-30,34H,6-9,12-13,16-20,22-23H2,1-2H3,(H,38,45)(H,39,40,42)(H2,41,43,47)/t29-,30-,34-/m0/s1. The molecule has 1 aromatic heterocycles. The Labute approximate surface area is 292 Å². The van der Waals surface area contributed by atoms with Crippen molar-refractivity contribution in [3.05, 3.63) is 76.7 Å². The maximum absolute atomic E-state index is 12.4. The van der Waals surface area contributed by atoms with Crippen molar-refractivity contribution in [2.75, 3.05) is 51.4 Å². The minimum atomic E-state index is -0.345. The van der Waals surface area contributed by atoms with E-state index in [0.717, 1.165) is 97.1 Å². The molecule has 2 aliphatic heterocycles. The Kier molecular flexibility index (Phi) is 11.7. The lowest BCUT2D eigenvalue weighted by Crippen LogP contribution is -2.36. The largest absolute Gasteiger partial charge is 0.465 e. The second-order valence-corrected chi connectivity index (χ2v) is 14.4. The first-order valence-electron chi connectivity index (χ1n) is 17.4. The Balaban J connectivity index is 0.923. The van der Waals surface area contributed by atoms with E-state index in [4.69, 9.17) is 14.7 Å². The highest BCUT2D eigenvalue weighted by molar-refractivity contribution is 8.00. The summed E-state index contributed by atoms with van der Waals surface area (Å²) in [6.07, 6.45) is 6.57. The molecular weight excluding hydrogens is 639 g/mol. The van der Waals surface area contributed by atoms with Gasteiger partial charge in [0, 0.05) is 48.9 Å². The molecule has 12 heteroatoms. The number of ether oxygens (including phenoxy) is 1. The monoisotopic (exact) mass is 685 g/mol. The maximum Gasteiger partial charge on any atom is 0.337 e. The molecule has 0 unspecified atom stereocenters. The van der Waals surface area contributed by atoms with E-state index >= 15 is 0 Å². The number of carbonyl (C=O) groups excluding carboxylic acids is 3. The molecule has 0 radical (unpaired) electrons. The highest BCUT2D eigenvalue weighted by atomic mass is 32.2. The molecule has 0 saturated carbocycles. The number of esters is 1. The third-order valence-corrected chi connectivity index (χ3v) is 11.0. The Morgan fingerprint density at radius 1 is 1.02 bits per heavy atom. The van der Waals surface area contributed by atoms with Crippen LogP contribution in [-0.2, 0) is 22.4 Å². The topological polar surface area (TPSA) is 138 Å². The summed E-state index contributed by atoms with van der Waals surface area (Å²) in [6, 6.07) is 16.4. The Bertz CT molecular complexity index is 1640. The number of anilines is 1. The number of amides is 3. The van der Waals surface area contributed by atoms with E-state index < -0.39 is 0 Å². The molecule has 1 aliphatic carbocycles. The zero-order valence-corrected chi connectivity index (χ0v) is 29.2. The van der Waals surface area contributed by atoms with Crippen molar-refractivity contribution in [2.45, 2.75) is 68.7 Å². The van der Waals surface area contributed by atoms with Gasteiger partial charge in [-0.15, -0.1) is 0 Å². The lowest BCUT2D eigenvalue weighted by molar-refractivity contribution is -0.121. The molecule has 2 aromatic carbocycles. The molecule has 3 amide bonds. The number of rotatable bonds is 17. The molecule has 3 aromatic rings. The molecule has 260 valence electrons. The van der Waals surface area contributed by atoms with Crippen LogP contribution in [0.5, 0.6) is 0 Å². The van der Waals surface area contributed by atoms with Gasteiger partial charge in [-0.25, -0.2) is 19.6 Å². The lowest BCUT2D eigenvalue weighted by Gasteiger charge is -2.18. The number of hydrogen-bond acceptors (Lipinski definition) is 9. The molecule has 2 saturated heterocycles. The number of nitrogens with zero attached hydrogens (tertiary/aromatic N) is 3. The average molecular weight is 686 g/mol. The molecule has 6 rings (SSSR count). The molecule has 0 spiro atoms. The van der Waals surface area contributed by atoms with E-state index in [1.54, 1.807) is 6.07 Å². The summed E-state index contributed by atoms with van der Waals surface area (Å²) >= 11 is 1.92. The zero-order chi connectivity index (χ0) is 34.2. The van der Waals surface area contributed by atoms with Gasteiger partial charge < -0.3 is 30.9 Å². The third kappa shape index (κ3) is 8.90. The fourth-order valence-corrected chi connectivity index (χ4v) is 8.51. The van der Waals surface area contributed by atoms with Crippen molar-refractivity contribution in [3.63, 3.8) is 0 Å². The van der Waals surface area contributed by atoms with Gasteiger partial charge in [0.05, 0.1) is 30.5 Å². The normalized spacial score (nSPS) is 18.8. The van der Waals surface area contributed by atoms with Crippen LogP contribution in [0.4, 0.5) is 10.6 Å². The van der Waals surface area contributed by atoms with Crippen LogP contribution in [0.1, 0.15) is 71.5 Å². The van der Waals surface area contributed by atoms with Gasteiger partial charge in [0.1, 0.15) is 11.6 Å². The van der Waals surface area contributed by atoms with Crippen LogP contribution in [0.15, 0.2) is 48.5 Å². The fourth-order valence-electron chi connectivity index (χ4n) is 6.97. The van der Waals surface area contributed by atoms with E-state index in [1.807, 2.05) is 42.1 Å². The number of fused-ring (bicyclic) bond motifs is 4. The molecule has 49 heavy (non-hydrogen) atoms. The first-order chi connectivity index (χ1) is 23.9. The van der Waals surface area contributed by atoms with E-state index in [0.29, 0.717) is 36.6 Å². The van der Waals surface area contributed by atoms with Gasteiger partial charge in [-0.05, 0) is 74.6 Å². The average Bonchev–Trinajstić information content (AvgIpc) is 3.78. The number of urea groups is 1. The summed E-state index contributed by atoms with van der Waals surface area (Å²) in [5.74, 6) is 2.35. The van der Waals surface area contributed by atoms with Crippen molar-refractivity contribution in [1.82, 2.24) is 30.8 Å². The predicted octanol–water partition coefficient (Wildman–Crippen LogP) is 4.39. The van der Waals surface area contributed by atoms with Gasteiger partial charge in [0.25, 0.3) is 0 Å². The third-order valence-electron chi connectivity index (χ3n) is 9.52. The first-order valence-corrected chi connectivity index (χ1v) is 18.5. The van der Waals surface area contributed by atoms with Crippen LogP contribution in [0.2, 0.25) is 0 Å². The quantitative estimate of drug-likeness (QED) is 0.0725. The summed E-state index contributed by atoms with van der Waals surface area (Å²) in [5, 5.41) is 13.1. The van der Waals surface area contributed by atoms with Crippen LogP contribution in [0.3, 0.4) is 0 Å². The Morgan fingerprint density at radius 2 is 1.84 bits per heavy atom. The highest BCUT2D eigenvalue weighted by Gasteiger charge is 2.42. The number of carbonyl (C=O) groups is 3. The van der Waals surface area contributed by atoms with Crippen molar-refractivity contribution < 1.29 is 19.1 Å². The lowest BCUT2D eigenvalue weighted by atomic mass is 10.0. The fraction of sp³-hybridized carbons (Fsp3) is 0.486. The van der Waals surface area contributed by atoms with Crippen molar-refractivity contribution in [1.29, 1.82) is 0 Å². The summed E-state index contributed by atoms with van der Waals surface area (Å²) in [5.41, 5.74) is 5.79. The van der Waals surface area contributed by atoms with Crippen LogP contribution < -0.4 is 21.3 Å². The second kappa shape index (κ2) is 16.5. The molecule has 3 atom stereocenters. The zero-order valence-electron chi connectivity index (χ0n) is 28.4. The van der Waals surface area contributed by atoms with Crippen LogP contribution in [-0.4, -0.2) is 96.2 Å². The predicted molar refractivity (Wildman–Crippen MR) is 193 cm³/mol. The molecular formula is C37H47N7O4S. The molecule has 3 aliphatic rings. The van der Waals surface area contributed by atoms with E-state index in [9.17, 15) is 14.4 Å². The number of unbranched alkanes of at least 4 members (excludes halogenated alkanes) is 1. The second-order valence-electron chi connectivity index (χ2n) is 13.2. The van der Waals surface area contributed by atoms with Crippen LogP contribution >= 0.6 is 11.8 Å². The van der Waals surface area contributed by atoms with Crippen molar-refractivity contribution in [2.24, 2.45) is 0 Å².